The van der Waals surface area contributed by atoms with Crippen molar-refractivity contribution in [2.45, 2.75) is 11.8 Å². The number of benzene rings is 3. The molecule has 0 heterocycles. The summed E-state index contributed by atoms with van der Waals surface area (Å²) in [7, 11) is -4.39. The molecule has 0 saturated carbocycles. The molecule has 0 radical (unpaired) electrons. The second-order valence-electron chi connectivity index (χ2n) is 5.17. The number of aryl methyl sites for hydroxylation is 1. The molecule has 3 aromatic rings. The first-order valence-electron chi connectivity index (χ1n) is 6.74. The van der Waals surface area contributed by atoms with E-state index < -0.39 is 10.1 Å². The van der Waals surface area contributed by atoms with Gasteiger partial charge in [-0.3, -0.25) is 4.55 Å². The van der Waals surface area contributed by atoms with Crippen LogP contribution in [0.1, 0.15) is 5.56 Å². The van der Waals surface area contributed by atoms with Crippen LogP contribution in [0.3, 0.4) is 0 Å². The van der Waals surface area contributed by atoms with Crippen LogP contribution in [0.15, 0.2) is 59.5 Å². The van der Waals surface area contributed by atoms with Gasteiger partial charge in [-0.25, -0.2) is 0 Å². The van der Waals surface area contributed by atoms with Gasteiger partial charge in [-0.1, -0.05) is 54.6 Å². The first-order valence-corrected chi connectivity index (χ1v) is 8.18. The van der Waals surface area contributed by atoms with Crippen LogP contribution in [0.2, 0.25) is 0 Å². The first kappa shape index (κ1) is 14.6. The molecule has 0 spiro atoms. The van der Waals surface area contributed by atoms with Crippen LogP contribution in [-0.2, 0) is 10.1 Å². The number of nitrogens with two attached hydrogens (primary N) is 1. The lowest BCUT2D eigenvalue weighted by molar-refractivity contribution is 0.484. The topological polar surface area (TPSA) is 80.4 Å². The van der Waals surface area contributed by atoms with Crippen LogP contribution in [0.4, 0.5) is 5.69 Å². The van der Waals surface area contributed by atoms with Crippen molar-refractivity contribution >= 4 is 26.6 Å². The van der Waals surface area contributed by atoms with E-state index in [-0.39, 0.29) is 4.90 Å². The monoisotopic (exact) mass is 313 g/mol. The largest absolute Gasteiger partial charge is 0.398 e. The van der Waals surface area contributed by atoms with Crippen molar-refractivity contribution in [3.63, 3.8) is 0 Å². The highest BCUT2D eigenvalue weighted by atomic mass is 32.2. The van der Waals surface area contributed by atoms with Gasteiger partial charge in [0.1, 0.15) is 4.90 Å². The van der Waals surface area contributed by atoms with Crippen LogP contribution in [0.25, 0.3) is 21.9 Å². The van der Waals surface area contributed by atoms with E-state index in [1.54, 1.807) is 30.3 Å². The van der Waals surface area contributed by atoms with Gasteiger partial charge in [-0.15, -0.1) is 0 Å². The average molecular weight is 313 g/mol. The van der Waals surface area contributed by atoms with Gasteiger partial charge in [0.05, 0.1) is 0 Å². The molecular formula is C17H15NO3S. The van der Waals surface area contributed by atoms with E-state index in [9.17, 15) is 13.0 Å². The molecule has 3 aromatic carbocycles. The zero-order valence-corrected chi connectivity index (χ0v) is 12.8. The van der Waals surface area contributed by atoms with Crippen molar-refractivity contribution in [3.05, 3.63) is 60.2 Å². The molecule has 0 saturated heterocycles. The van der Waals surface area contributed by atoms with Crippen LogP contribution in [0, 0.1) is 6.92 Å². The van der Waals surface area contributed by atoms with Gasteiger partial charge in [0.2, 0.25) is 0 Å². The number of hydrogen-bond acceptors (Lipinski definition) is 3. The third-order valence-corrected chi connectivity index (χ3v) is 4.71. The quantitative estimate of drug-likeness (QED) is 0.559. The summed E-state index contributed by atoms with van der Waals surface area (Å²) in [5, 5.41) is 1.22. The summed E-state index contributed by atoms with van der Waals surface area (Å²) in [6, 6.07) is 15.9. The number of anilines is 1. The Morgan fingerprint density at radius 3 is 2.36 bits per heavy atom. The molecule has 3 N–H and O–H groups in total. The minimum atomic E-state index is -4.39. The van der Waals surface area contributed by atoms with Crippen LogP contribution in [-0.4, -0.2) is 13.0 Å². The summed E-state index contributed by atoms with van der Waals surface area (Å²) in [6.07, 6.45) is 0. The predicted molar refractivity (Wildman–Crippen MR) is 88.3 cm³/mol. The molecule has 0 amide bonds. The summed E-state index contributed by atoms with van der Waals surface area (Å²) in [5.74, 6) is 0. The van der Waals surface area contributed by atoms with E-state index in [0.717, 1.165) is 10.9 Å². The molecule has 0 aromatic heterocycles. The molecule has 3 rings (SSSR count). The van der Waals surface area contributed by atoms with Crippen LogP contribution >= 0.6 is 0 Å². The highest BCUT2D eigenvalue weighted by molar-refractivity contribution is 7.86. The Morgan fingerprint density at radius 2 is 1.64 bits per heavy atom. The molecule has 0 bridgehead atoms. The highest BCUT2D eigenvalue weighted by Gasteiger charge is 2.21. The summed E-state index contributed by atoms with van der Waals surface area (Å²) >= 11 is 0. The number of para-hydroxylation sites is 1. The van der Waals surface area contributed by atoms with Crippen LogP contribution in [0.5, 0.6) is 0 Å². The van der Waals surface area contributed by atoms with Gasteiger partial charge in [-0.05, 0) is 17.9 Å². The first-order chi connectivity index (χ1) is 10.4. The van der Waals surface area contributed by atoms with E-state index >= 15 is 0 Å². The molecule has 0 aliphatic carbocycles. The summed E-state index contributed by atoms with van der Waals surface area (Å²) in [4.78, 5) is -0.108. The number of rotatable bonds is 2. The molecular weight excluding hydrogens is 298 g/mol. The van der Waals surface area contributed by atoms with Crippen molar-refractivity contribution in [3.8, 4) is 11.1 Å². The number of hydrogen-bond donors (Lipinski definition) is 2. The van der Waals surface area contributed by atoms with Crippen molar-refractivity contribution in [1.29, 1.82) is 0 Å². The molecule has 0 atom stereocenters. The minimum absolute atomic E-state index is 0.108. The lowest BCUT2D eigenvalue weighted by Crippen LogP contribution is -2.03. The van der Waals surface area contributed by atoms with E-state index in [2.05, 4.69) is 0 Å². The summed E-state index contributed by atoms with van der Waals surface area (Å²) in [6.45, 7) is 1.85. The average Bonchev–Trinajstić information content (AvgIpc) is 2.48. The maximum absolute atomic E-state index is 12.0. The van der Waals surface area contributed by atoms with Gasteiger partial charge in [0.15, 0.2) is 0 Å². The van der Waals surface area contributed by atoms with E-state index in [0.29, 0.717) is 22.2 Å². The van der Waals surface area contributed by atoms with Crippen molar-refractivity contribution in [2.24, 2.45) is 0 Å². The standard InChI is InChI=1S/C17H15NO3S/c1-11-5-4-8-14(16(11)18)15-10-9-12-6-2-3-7-13(12)17(15)22(19,20)21/h2-10H,18H2,1H3,(H,19,20,21). The minimum Gasteiger partial charge on any atom is -0.398 e. The smallest absolute Gasteiger partial charge is 0.295 e. The fraction of sp³-hybridized carbons (Fsp3) is 0.0588. The van der Waals surface area contributed by atoms with Gasteiger partial charge in [0.25, 0.3) is 10.1 Å². The van der Waals surface area contributed by atoms with Crippen LogP contribution < -0.4 is 5.73 Å². The Balaban J connectivity index is 2.47. The number of nitrogen functional groups attached to an aromatic ring is 1. The molecule has 0 unspecified atom stereocenters. The Bertz CT molecular complexity index is 978. The maximum Gasteiger partial charge on any atom is 0.295 e. The van der Waals surface area contributed by atoms with Gasteiger partial charge in [0, 0.05) is 22.2 Å². The zero-order chi connectivity index (χ0) is 15.9. The molecule has 0 aliphatic rings. The third kappa shape index (κ3) is 2.34. The van der Waals surface area contributed by atoms with E-state index in [4.69, 9.17) is 5.73 Å². The lowest BCUT2D eigenvalue weighted by atomic mass is 9.98. The summed E-state index contributed by atoms with van der Waals surface area (Å²) in [5.41, 5.74) is 8.45. The second-order valence-corrected chi connectivity index (χ2v) is 6.53. The van der Waals surface area contributed by atoms with Gasteiger partial charge in [-0.2, -0.15) is 8.42 Å². The molecule has 4 nitrogen and oxygen atoms in total. The SMILES string of the molecule is Cc1cccc(-c2ccc3ccccc3c2S(=O)(=O)O)c1N. The summed E-state index contributed by atoms with van der Waals surface area (Å²) < 4.78 is 33.6. The Hall–Kier alpha value is -2.37. The zero-order valence-electron chi connectivity index (χ0n) is 11.9. The molecule has 0 fully saturated rings. The van der Waals surface area contributed by atoms with Gasteiger partial charge < -0.3 is 5.73 Å². The fourth-order valence-corrected chi connectivity index (χ4v) is 3.57. The third-order valence-electron chi connectivity index (χ3n) is 3.75. The molecule has 112 valence electrons. The van der Waals surface area contributed by atoms with Crippen molar-refractivity contribution < 1.29 is 13.0 Å². The Morgan fingerprint density at radius 1 is 0.909 bits per heavy atom. The lowest BCUT2D eigenvalue weighted by Gasteiger charge is -2.14. The molecule has 22 heavy (non-hydrogen) atoms. The Kier molecular flexibility index (Phi) is 3.39. The maximum atomic E-state index is 12.0. The van der Waals surface area contributed by atoms with Gasteiger partial charge >= 0.3 is 0 Å². The highest BCUT2D eigenvalue weighted by Crippen LogP contribution is 2.37. The van der Waals surface area contributed by atoms with E-state index in [1.807, 2.05) is 31.2 Å². The molecule has 0 aliphatic heterocycles. The second kappa shape index (κ2) is 5.12. The normalized spacial score (nSPS) is 11.7. The predicted octanol–water partition coefficient (Wildman–Crippen LogP) is 3.64. The number of fused-ring (bicyclic) bond motifs is 1. The van der Waals surface area contributed by atoms with Crippen molar-refractivity contribution in [2.75, 3.05) is 5.73 Å². The fourth-order valence-electron chi connectivity index (χ4n) is 2.65. The van der Waals surface area contributed by atoms with Crippen molar-refractivity contribution in [1.82, 2.24) is 0 Å². The van der Waals surface area contributed by atoms with E-state index in [1.165, 1.54) is 0 Å². The molecule has 5 heteroatoms. The Labute approximate surface area is 129 Å².